The van der Waals surface area contributed by atoms with Crippen LogP contribution in [0.3, 0.4) is 0 Å². The molecule has 0 amide bonds. The maximum absolute atomic E-state index is 2.39. The molecule has 0 saturated carbocycles. The molecule has 24 heavy (non-hydrogen) atoms. The highest BCUT2D eigenvalue weighted by atomic mass is 14.3. The van der Waals surface area contributed by atoms with Crippen LogP contribution >= 0.6 is 0 Å². The van der Waals surface area contributed by atoms with Crippen LogP contribution < -0.4 is 0 Å². The first-order chi connectivity index (χ1) is 11.2. The minimum atomic E-state index is 0.519. The molecular formula is C24H54. The predicted molar refractivity (Wildman–Crippen MR) is 117 cm³/mol. The molecular weight excluding hydrogens is 288 g/mol. The first-order valence-electron chi connectivity index (χ1n) is 11.2. The molecule has 0 bridgehead atoms. The van der Waals surface area contributed by atoms with Crippen molar-refractivity contribution in [1.82, 2.24) is 0 Å². The first-order valence-corrected chi connectivity index (χ1v) is 11.2. The van der Waals surface area contributed by atoms with Crippen molar-refractivity contribution in [2.24, 2.45) is 23.2 Å². The van der Waals surface area contributed by atoms with Gasteiger partial charge in [0.15, 0.2) is 0 Å². The van der Waals surface area contributed by atoms with Gasteiger partial charge in [0.2, 0.25) is 0 Å². The third-order valence-electron chi connectivity index (χ3n) is 4.78. The number of unbranched alkanes of at least 4 members (excludes halogenated alkanes) is 3. The van der Waals surface area contributed by atoms with Gasteiger partial charge in [0, 0.05) is 0 Å². The molecule has 0 heterocycles. The molecule has 2 unspecified atom stereocenters. The van der Waals surface area contributed by atoms with Crippen LogP contribution in [0.2, 0.25) is 0 Å². The number of hydrogen-bond donors (Lipinski definition) is 0. The summed E-state index contributed by atoms with van der Waals surface area (Å²) in [5, 5.41) is 0. The lowest BCUT2D eigenvalue weighted by Gasteiger charge is -2.29. The third kappa shape index (κ3) is 22.0. The summed E-state index contributed by atoms with van der Waals surface area (Å²) < 4.78 is 0. The van der Waals surface area contributed by atoms with Crippen LogP contribution in [0.1, 0.15) is 134 Å². The molecule has 0 aromatic heterocycles. The van der Waals surface area contributed by atoms with Crippen molar-refractivity contribution in [2.75, 3.05) is 0 Å². The van der Waals surface area contributed by atoms with Gasteiger partial charge in [0.05, 0.1) is 0 Å². The van der Waals surface area contributed by atoms with Crippen LogP contribution in [0, 0.1) is 23.2 Å². The highest BCUT2D eigenvalue weighted by Crippen LogP contribution is 2.31. The topological polar surface area (TPSA) is 0 Å². The number of hydrogen-bond acceptors (Lipinski definition) is 0. The summed E-state index contributed by atoms with van der Waals surface area (Å²) in [6, 6.07) is 0. The van der Waals surface area contributed by atoms with E-state index < -0.39 is 0 Å². The van der Waals surface area contributed by atoms with Gasteiger partial charge in [-0.25, -0.2) is 0 Å². The summed E-state index contributed by atoms with van der Waals surface area (Å²) in [7, 11) is 0. The van der Waals surface area contributed by atoms with E-state index in [9.17, 15) is 0 Å². The average Bonchev–Trinajstić information content (AvgIpc) is 2.50. The van der Waals surface area contributed by atoms with E-state index in [0.717, 1.165) is 17.8 Å². The first kappa shape index (κ1) is 28.8. The Morgan fingerprint density at radius 1 is 0.708 bits per heavy atom. The van der Waals surface area contributed by atoms with Crippen molar-refractivity contribution in [3.8, 4) is 0 Å². The molecule has 0 aliphatic heterocycles. The second kappa shape index (κ2) is 19.3. The van der Waals surface area contributed by atoms with Gasteiger partial charge in [-0.3, -0.25) is 0 Å². The zero-order valence-electron chi connectivity index (χ0n) is 19.6. The molecule has 0 aliphatic rings. The van der Waals surface area contributed by atoms with Crippen LogP contribution in [0.4, 0.5) is 0 Å². The molecule has 0 N–H and O–H groups in total. The Morgan fingerprint density at radius 2 is 1.25 bits per heavy atom. The van der Waals surface area contributed by atoms with E-state index in [2.05, 4.69) is 62.3 Å². The Bertz CT molecular complexity index is 209. The van der Waals surface area contributed by atoms with E-state index in [1.165, 1.54) is 57.8 Å². The molecule has 0 spiro atoms. The van der Waals surface area contributed by atoms with Crippen LogP contribution in [0.15, 0.2) is 0 Å². The molecule has 0 nitrogen and oxygen atoms in total. The fourth-order valence-electron chi connectivity index (χ4n) is 3.44. The molecule has 0 aromatic carbocycles. The Hall–Kier alpha value is 0. The zero-order valence-corrected chi connectivity index (χ0v) is 19.6. The van der Waals surface area contributed by atoms with Crippen LogP contribution in [0.5, 0.6) is 0 Å². The lowest BCUT2D eigenvalue weighted by atomic mass is 9.77. The van der Waals surface area contributed by atoms with Crippen LogP contribution in [0.25, 0.3) is 0 Å². The Kier molecular flexibility index (Phi) is 23.2. The monoisotopic (exact) mass is 342 g/mol. The van der Waals surface area contributed by atoms with E-state index in [1.54, 1.807) is 0 Å². The van der Waals surface area contributed by atoms with Crippen molar-refractivity contribution in [3.63, 3.8) is 0 Å². The summed E-state index contributed by atoms with van der Waals surface area (Å²) in [6.45, 7) is 24.9. The zero-order chi connectivity index (χ0) is 19.6. The van der Waals surface area contributed by atoms with Gasteiger partial charge in [-0.1, -0.05) is 128 Å². The molecule has 0 aromatic rings. The van der Waals surface area contributed by atoms with Gasteiger partial charge in [-0.2, -0.15) is 0 Å². The SMILES string of the molecule is CC.CCCC(CC)C(C)(C)C.CCCCCCC(C)CC(C)C. The fraction of sp³-hybridized carbons (Fsp3) is 1.00. The summed E-state index contributed by atoms with van der Waals surface area (Å²) in [6.07, 6.45) is 12.6. The second-order valence-corrected chi connectivity index (χ2v) is 8.84. The molecule has 0 rings (SSSR count). The Labute approximate surface area is 157 Å². The summed E-state index contributed by atoms with van der Waals surface area (Å²) in [4.78, 5) is 0. The van der Waals surface area contributed by atoms with Crippen molar-refractivity contribution in [1.29, 1.82) is 0 Å². The lowest BCUT2D eigenvalue weighted by molar-refractivity contribution is 0.217. The minimum absolute atomic E-state index is 0.519. The van der Waals surface area contributed by atoms with Crippen molar-refractivity contribution >= 4 is 0 Å². The molecule has 0 aliphatic carbocycles. The fourth-order valence-corrected chi connectivity index (χ4v) is 3.44. The third-order valence-corrected chi connectivity index (χ3v) is 4.78. The van der Waals surface area contributed by atoms with Crippen LogP contribution in [-0.4, -0.2) is 0 Å². The van der Waals surface area contributed by atoms with Crippen molar-refractivity contribution < 1.29 is 0 Å². The van der Waals surface area contributed by atoms with Crippen molar-refractivity contribution in [2.45, 2.75) is 134 Å². The average molecular weight is 343 g/mol. The smallest absolute Gasteiger partial charge is 0.0354 e. The van der Waals surface area contributed by atoms with Gasteiger partial charge >= 0.3 is 0 Å². The maximum Gasteiger partial charge on any atom is -0.0354 e. The summed E-state index contributed by atoms with van der Waals surface area (Å²) in [5.74, 6) is 2.74. The molecule has 0 fully saturated rings. The largest absolute Gasteiger partial charge is 0.0683 e. The molecule has 2 atom stereocenters. The van der Waals surface area contributed by atoms with Gasteiger partial charge in [0.25, 0.3) is 0 Å². The highest BCUT2D eigenvalue weighted by molar-refractivity contribution is 4.71. The Balaban J connectivity index is -0.000000337. The van der Waals surface area contributed by atoms with Gasteiger partial charge in [-0.15, -0.1) is 0 Å². The predicted octanol–water partition coefficient (Wildman–Crippen LogP) is 9.52. The molecule has 0 radical (unpaired) electrons. The lowest BCUT2D eigenvalue weighted by Crippen LogP contribution is -2.19. The van der Waals surface area contributed by atoms with Gasteiger partial charge < -0.3 is 0 Å². The summed E-state index contributed by atoms with van der Waals surface area (Å²) >= 11 is 0. The highest BCUT2D eigenvalue weighted by Gasteiger charge is 2.21. The molecule has 150 valence electrons. The van der Waals surface area contributed by atoms with E-state index in [1.807, 2.05) is 13.8 Å². The normalized spacial score (nSPS) is 13.5. The van der Waals surface area contributed by atoms with Crippen LogP contribution in [-0.2, 0) is 0 Å². The second-order valence-electron chi connectivity index (χ2n) is 8.84. The standard InChI is InChI=1S/C12H26.C10H22.C2H6/c1-5-6-7-8-9-12(4)10-11(2)3;1-6-8-9(7-2)10(3,4)5;1-2/h11-12H,5-10H2,1-4H3;9H,6-8H2,1-5H3;1-2H3. The van der Waals surface area contributed by atoms with E-state index in [4.69, 9.17) is 0 Å². The van der Waals surface area contributed by atoms with E-state index in [0.29, 0.717) is 5.41 Å². The van der Waals surface area contributed by atoms with E-state index >= 15 is 0 Å². The van der Waals surface area contributed by atoms with E-state index in [-0.39, 0.29) is 0 Å². The van der Waals surface area contributed by atoms with Crippen molar-refractivity contribution in [3.05, 3.63) is 0 Å². The van der Waals surface area contributed by atoms with Gasteiger partial charge in [-0.05, 0) is 29.6 Å². The van der Waals surface area contributed by atoms with Gasteiger partial charge in [0.1, 0.15) is 0 Å². The summed E-state index contributed by atoms with van der Waals surface area (Å²) in [5.41, 5.74) is 0.519. The number of rotatable bonds is 10. The minimum Gasteiger partial charge on any atom is -0.0683 e. The maximum atomic E-state index is 2.39. The Morgan fingerprint density at radius 3 is 1.54 bits per heavy atom. The quantitative estimate of drug-likeness (QED) is 0.347. The molecule has 0 saturated heterocycles. The molecule has 0 heteroatoms.